The van der Waals surface area contributed by atoms with Gasteiger partial charge in [-0.2, -0.15) is 13.2 Å². The maximum atomic E-state index is 14.5. The number of rotatable bonds is 6. The van der Waals surface area contributed by atoms with Crippen LogP contribution in [0, 0.1) is 0 Å². The molecule has 0 spiro atoms. The molecule has 3 N–H and O–H groups in total. The third-order valence-electron chi connectivity index (χ3n) is 5.10. The van der Waals surface area contributed by atoms with Crippen molar-refractivity contribution in [3.05, 3.63) is 51.8 Å². The van der Waals surface area contributed by atoms with Crippen molar-refractivity contribution >= 4 is 57.9 Å². The molecular weight excluding hydrogens is 516 g/mol. The predicted molar refractivity (Wildman–Crippen MR) is 118 cm³/mol. The van der Waals surface area contributed by atoms with Crippen molar-refractivity contribution in [1.29, 1.82) is 0 Å². The number of anilines is 1. The topological polar surface area (TPSA) is 127 Å². The second-order valence-electron chi connectivity index (χ2n) is 7.30. The van der Waals surface area contributed by atoms with Crippen molar-refractivity contribution < 1.29 is 32.3 Å². The van der Waals surface area contributed by atoms with E-state index in [9.17, 15) is 27.6 Å². The Kier molecular flexibility index (Phi) is 6.34. The standard InChI is InChI=1S/C20H15Cl2F3N6O4/c1-35-6-5-26-15(32)11-3-2-4-12(27-11)16(33)30-19(20(23,24)25)17(34)29-18-28-13-7-9(21)10(22)8-14(13)31(18)19/h2-4,7-8H,5-6H2,1H3,(H,26,32)(H,30,33)(H,28,29,34). The van der Waals surface area contributed by atoms with Gasteiger partial charge in [-0.15, -0.1) is 0 Å². The minimum absolute atomic E-state index is 0.00475. The molecule has 35 heavy (non-hydrogen) atoms. The summed E-state index contributed by atoms with van der Waals surface area (Å²) >= 11 is 11.9. The van der Waals surface area contributed by atoms with Crippen LogP contribution in [0.5, 0.6) is 0 Å². The Balaban J connectivity index is 1.75. The Bertz CT molecular complexity index is 1360. The molecule has 0 aliphatic carbocycles. The summed E-state index contributed by atoms with van der Waals surface area (Å²) in [6.45, 7) is 0.361. The molecular formula is C20H15Cl2F3N6O4. The lowest BCUT2D eigenvalue weighted by molar-refractivity contribution is -0.213. The summed E-state index contributed by atoms with van der Waals surface area (Å²) in [7, 11) is 1.43. The third-order valence-corrected chi connectivity index (χ3v) is 5.82. The predicted octanol–water partition coefficient (Wildman–Crippen LogP) is 2.71. The molecule has 4 rings (SSSR count). The number of nitrogens with zero attached hydrogens (tertiary/aromatic N) is 3. The monoisotopic (exact) mass is 530 g/mol. The number of carbonyl (C=O) groups excluding carboxylic acids is 3. The van der Waals surface area contributed by atoms with Gasteiger partial charge in [-0.25, -0.2) is 9.97 Å². The highest BCUT2D eigenvalue weighted by Crippen LogP contribution is 2.45. The Morgan fingerprint density at radius 3 is 2.46 bits per heavy atom. The quantitative estimate of drug-likeness (QED) is 0.420. The average molecular weight is 531 g/mol. The number of methoxy groups -OCH3 is 1. The van der Waals surface area contributed by atoms with Crippen molar-refractivity contribution in [3.63, 3.8) is 0 Å². The SMILES string of the molecule is COCCNC(=O)c1cccc(C(=O)NC2(C(F)(F)F)C(=O)Nc3nc4cc(Cl)c(Cl)cc4n32)n1. The molecule has 15 heteroatoms. The molecule has 3 heterocycles. The summed E-state index contributed by atoms with van der Waals surface area (Å²) in [4.78, 5) is 45.6. The fourth-order valence-electron chi connectivity index (χ4n) is 3.50. The van der Waals surface area contributed by atoms with Crippen molar-refractivity contribution in [1.82, 2.24) is 25.2 Å². The van der Waals surface area contributed by atoms with Crippen LogP contribution in [0.3, 0.4) is 0 Å². The van der Waals surface area contributed by atoms with Crippen LogP contribution in [-0.4, -0.2) is 58.7 Å². The highest BCUT2D eigenvalue weighted by atomic mass is 35.5. The molecule has 0 saturated heterocycles. The number of alkyl halides is 3. The lowest BCUT2D eigenvalue weighted by Crippen LogP contribution is -2.63. The molecule has 10 nitrogen and oxygen atoms in total. The summed E-state index contributed by atoms with van der Waals surface area (Å²) in [5, 5.41) is 6.21. The number of hydrogen-bond acceptors (Lipinski definition) is 6. The summed E-state index contributed by atoms with van der Waals surface area (Å²) in [5.74, 6) is -4.10. The van der Waals surface area contributed by atoms with E-state index in [0.29, 0.717) is 4.57 Å². The van der Waals surface area contributed by atoms with E-state index >= 15 is 0 Å². The molecule has 1 aromatic carbocycles. The second kappa shape index (κ2) is 8.98. The van der Waals surface area contributed by atoms with Gasteiger partial charge in [0.15, 0.2) is 0 Å². The first-order chi connectivity index (χ1) is 16.5. The van der Waals surface area contributed by atoms with Gasteiger partial charge in [0, 0.05) is 13.7 Å². The molecule has 0 bridgehead atoms. The van der Waals surface area contributed by atoms with Gasteiger partial charge in [0.1, 0.15) is 11.4 Å². The van der Waals surface area contributed by atoms with Gasteiger partial charge < -0.3 is 15.4 Å². The Labute approximate surface area is 204 Å². The number of hydrogen-bond donors (Lipinski definition) is 3. The zero-order valence-corrected chi connectivity index (χ0v) is 19.2. The highest BCUT2D eigenvalue weighted by Gasteiger charge is 2.67. The van der Waals surface area contributed by atoms with Crippen LogP contribution >= 0.6 is 23.2 Å². The minimum atomic E-state index is -5.33. The fraction of sp³-hybridized carbons (Fsp3) is 0.250. The van der Waals surface area contributed by atoms with Crippen LogP contribution in [0.4, 0.5) is 19.1 Å². The Hall–Kier alpha value is -3.42. The highest BCUT2D eigenvalue weighted by molar-refractivity contribution is 6.42. The molecule has 184 valence electrons. The van der Waals surface area contributed by atoms with E-state index < -0.39 is 41.2 Å². The third kappa shape index (κ3) is 4.15. The molecule has 1 aliphatic heterocycles. The number of aromatic nitrogens is 3. The van der Waals surface area contributed by atoms with Crippen molar-refractivity contribution in [3.8, 4) is 0 Å². The van der Waals surface area contributed by atoms with Crippen molar-refractivity contribution in [2.24, 2.45) is 0 Å². The zero-order valence-electron chi connectivity index (χ0n) is 17.7. The molecule has 0 fully saturated rings. The number of nitrogens with one attached hydrogen (secondary N) is 3. The van der Waals surface area contributed by atoms with Gasteiger partial charge in [-0.3, -0.25) is 24.3 Å². The fourth-order valence-corrected chi connectivity index (χ4v) is 3.82. The molecule has 2 aromatic heterocycles. The van der Waals surface area contributed by atoms with Crippen LogP contribution in [0.25, 0.3) is 11.0 Å². The van der Waals surface area contributed by atoms with E-state index in [1.807, 2.05) is 5.32 Å². The summed E-state index contributed by atoms with van der Waals surface area (Å²) < 4.78 is 48.8. The zero-order chi connectivity index (χ0) is 25.5. The van der Waals surface area contributed by atoms with Crippen LogP contribution in [-0.2, 0) is 15.2 Å². The number of pyridine rings is 1. The Morgan fingerprint density at radius 2 is 1.80 bits per heavy atom. The van der Waals surface area contributed by atoms with Gasteiger partial charge >= 0.3 is 6.18 Å². The first-order valence-electron chi connectivity index (χ1n) is 9.82. The van der Waals surface area contributed by atoms with Crippen molar-refractivity contribution in [2.45, 2.75) is 11.8 Å². The van der Waals surface area contributed by atoms with Crippen molar-refractivity contribution in [2.75, 3.05) is 25.6 Å². The lowest BCUT2D eigenvalue weighted by Gasteiger charge is -2.31. The number of imidazole rings is 1. The summed E-state index contributed by atoms with van der Waals surface area (Å²) in [6, 6.07) is 5.97. The van der Waals surface area contributed by atoms with E-state index in [1.165, 1.54) is 25.3 Å². The maximum absolute atomic E-state index is 14.5. The van der Waals surface area contributed by atoms with Crippen LogP contribution < -0.4 is 16.0 Å². The number of ether oxygens (including phenoxy) is 1. The molecule has 1 unspecified atom stereocenters. The van der Waals surface area contributed by atoms with Gasteiger partial charge in [0.25, 0.3) is 23.4 Å². The van der Waals surface area contributed by atoms with E-state index in [0.717, 1.165) is 12.1 Å². The molecule has 3 amide bonds. The molecule has 1 aliphatic rings. The number of fused-ring (bicyclic) bond motifs is 3. The van der Waals surface area contributed by atoms with Gasteiger partial charge in [-0.1, -0.05) is 29.3 Å². The Morgan fingerprint density at radius 1 is 1.14 bits per heavy atom. The average Bonchev–Trinajstić information content (AvgIpc) is 3.27. The van der Waals surface area contributed by atoms with Crippen LogP contribution in [0.15, 0.2) is 30.3 Å². The number of halogens is 5. The lowest BCUT2D eigenvalue weighted by atomic mass is 10.1. The number of carbonyl (C=O) groups is 3. The first kappa shape index (κ1) is 24.7. The van der Waals surface area contributed by atoms with E-state index in [-0.39, 0.29) is 39.9 Å². The first-order valence-corrected chi connectivity index (χ1v) is 10.6. The summed E-state index contributed by atoms with van der Waals surface area (Å²) in [6.07, 6.45) is -5.33. The van der Waals surface area contributed by atoms with Crippen LogP contribution in [0.2, 0.25) is 10.0 Å². The summed E-state index contributed by atoms with van der Waals surface area (Å²) in [5.41, 5.74) is -4.53. The molecule has 0 radical (unpaired) electrons. The van der Waals surface area contributed by atoms with Gasteiger partial charge in [0.05, 0.1) is 27.7 Å². The number of amides is 3. The normalized spacial score (nSPS) is 17.3. The minimum Gasteiger partial charge on any atom is -0.383 e. The maximum Gasteiger partial charge on any atom is 0.440 e. The molecule has 0 saturated carbocycles. The van der Waals surface area contributed by atoms with Gasteiger partial charge in [-0.05, 0) is 24.3 Å². The molecule has 3 aromatic rings. The molecule has 1 atom stereocenters. The van der Waals surface area contributed by atoms with E-state index in [2.05, 4.69) is 15.3 Å². The van der Waals surface area contributed by atoms with E-state index in [1.54, 1.807) is 5.32 Å². The van der Waals surface area contributed by atoms with Gasteiger partial charge in [0.2, 0.25) is 5.95 Å². The van der Waals surface area contributed by atoms with Crippen LogP contribution in [0.1, 0.15) is 21.0 Å². The second-order valence-corrected chi connectivity index (χ2v) is 8.11. The number of benzene rings is 1. The van der Waals surface area contributed by atoms with E-state index in [4.69, 9.17) is 27.9 Å². The smallest absolute Gasteiger partial charge is 0.383 e. The largest absolute Gasteiger partial charge is 0.440 e.